The van der Waals surface area contributed by atoms with Crippen molar-refractivity contribution >= 4 is 23.6 Å². The van der Waals surface area contributed by atoms with Crippen LogP contribution < -0.4 is 10.5 Å². The molecule has 2 rings (SSSR count). The first-order valence-corrected chi connectivity index (χ1v) is 11.6. The Morgan fingerprint density at radius 2 is 2.10 bits per heavy atom. The number of nitrogens with zero attached hydrogens (tertiary/aromatic N) is 2. The molecule has 7 nitrogen and oxygen atoms in total. The zero-order chi connectivity index (χ0) is 21.6. The second kappa shape index (κ2) is 14.0. The highest BCUT2D eigenvalue weighted by Gasteiger charge is 2.14. The van der Waals surface area contributed by atoms with Gasteiger partial charge in [-0.3, -0.25) is 14.5 Å². The van der Waals surface area contributed by atoms with Crippen molar-refractivity contribution in [2.45, 2.75) is 50.8 Å². The fourth-order valence-electron chi connectivity index (χ4n) is 3.14. The number of carbonyl (C=O) groups is 2. The summed E-state index contributed by atoms with van der Waals surface area (Å²) in [5.74, 6) is 0.529. The van der Waals surface area contributed by atoms with Gasteiger partial charge in [0.05, 0.1) is 5.25 Å². The number of hydrogen-bond donors (Lipinski definition) is 1. The smallest absolute Gasteiger partial charge is 0.305 e. The number of ether oxygens (including phenoxy) is 2. The maximum absolute atomic E-state index is 11.6. The van der Waals surface area contributed by atoms with E-state index in [4.69, 9.17) is 15.2 Å². The third-order valence-corrected chi connectivity index (χ3v) is 6.00. The highest BCUT2D eigenvalue weighted by molar-refractivity contribution is 8.00. The molecule has 1 fully saturated rings. The van der Waals surface area contributed by atoms with Gasteiger partial charge >= 0.3 is 5.97 Å². The lowest BCUT2D eigenvalue weighted by Crippen LogP contribution is -2.29. The summed E-state index contributed by atoms with van der Waals surface area (Å²) in [7, 11) is 0. The summed E-state index contributed by atoms with van der Waals surface area (Å²) in [6.07, 6.45) is 10.3. The number of esters is 1. The predicted octanol–water partition coefficient (Wildman–Crippen LogP) is 2.93. The molecule has 0 bridgehead atoms. The van der Waals surface area contributed by atoms with Crippen molar-refractivity contribution in [3.8, 4) is 5.88 Å². The van der Waals surface area contributed by atoms with Gasteiger partial charge in [-0.2, -0.15) is 0 Å². The van der Waals surface area contributed by atoms with Crippen molar-refractivity contribution in [2.24, 2.45) is 5.73 Å². The lowest BCUT2D eigenvalue weighted by atomic mass is 10.1. The van der Waals surface area contributed by atoms with Crippen LogP contribution in [0.1, 0.15) is 44.6 Å². The van der Waals surface area contributed by atoms with Gasteiger partial charge in [-0.15, -0.1) is 11.8 Å². The Balaban J connectivity index is 1.69. The molecule has 0 radical (unpaired) electrons. The SMILES string of the molecule is CCC(=O)OCCSC(CC=CCOc1cc(CN2CCCCC2)ccn1)C(N)=O. The van der Waals surface area contributed by atoms with Gasteiger partial charge < -0.3 is 15.2 Å². The molecular formula is C22H33N3O4S. The van der Waals surface area contributed by atoms with Gasteiger partial charge in [0.15, 0.2) is 0 Å². The van der Waals surface area contributed by atoms with E-state index in [0.29, 0.717) is 31.1 Å². The van der Waals surface area contributed by atoms with Crippen molar-refractivity contribution in [3.63, 3.8) is 0 Å². The van der Waals surface area contributed by atoms with Crippen LogP contribution in [0.3, 0.4) is 0 Å². The third kappa shape index (κ3) is 9.63. The van der Waals surface area contributed by atoms with Crippen LogP contribution in [0.2, 0.25) is 0 Å². The Kier molecular flexibility index (Phi) is 11.3. The Morgan fingerprint density at radius 1 is 1.30 bits per heavy atom. The van der Waals surface area contributed by atoms with E-state index >= 15 is 0 Å². The molecule has 0 aromatic carbocycles. The van der Waals surface area contributed by atoms with Crippen LogP contribution in [0, 0.1) is 0 Å². The van der Waals surface area contributed by atoms with Gasteiger partial charge in [0.2, 0.25) is 11.8 Å². The largest absolute Gasteiger partial charge is 0.473 e. The zero-order valence-electron chi connectivity index (χ0n) is 17.8. The summed E-state index contributed by atoms with van der Waals surface area (Å²) in [6, 6.07) is 4.02. The normalized spacial score (nSPS) is 15.8. The number of aromatic nitrogens is 1. The van der Waals surface area contributed by atoms with Crippen LogP contribution >= 0.6 is 11.8 Å². The number of allylic oxidation sites excluding steroid dienone is 1. The molecule has 1 unspecified atom stereocenters. The van der Waals surface area contributed by atoms with Crippen molar-refractivity contribution in [1.29, 1.82) is 0 Å². The first-order valence-electron chi connectivity index (χ1n) is 10.6. The van der Waals surface area contributed by atoms with E-state index in [-0.39, 0.29) is 23.7 Å². The van der Waals surface area contributed by atoms with Crippen molar-refractivity contribution in [3.05, 3.63) is 36.0 Å². The number of piperidine rings is 1. The topological polar surface area (TPSA) is 94.8 Å². The average Bonchev–Trinajstić information content (AvgIpc) is 2.75. The number of likely N-dealkylation sites (tertiary alicyclic amines) is 1. The highest BCUT2D eigenvalue weighted by Crippen LogP contribution is 2.17. The van der Waals surface area contributed by atoms with Gasteiger partial charge in [-0.25, -0.2) is 4.98 Å². The number of rotatable bonds is 13. The molecule has 1 aliphatic rings. The van der Waals surface area contributed by atoms with E-state index in [1.54, 1.807) is 13.1 Å². The monoisotopic (exact) mass is 435 g/mol. The molecule has 2 heterocycles. The van der Waals surface area contributed by atoms with E-state index in [1.165, 1.54) is 36.6 Å². The molecule has 1 aromatic rings. The van der Waals surface area contributed by atoms with Crippen LogP contribution in [-0.2, 0) is 20.9 Å². The van der Waals surface area contributed by atoms with Gasteiger partial charge in [0, 0.05) is 31.0 Å². The van der Waals surface area contributed by atoms with E-state index in [0.717, 1.165) is 19.6 Å². The standard InChI is InChI=1S/C22H33N3O4S/c1-2-21(26)29-14-15-30-19(22(23)27)8-4-7-13-28-20-16-18(9-10-24-20)17-25-11-5-3-6-12-25/h4,7,9-10,16,19H,2-3,5-6,8,11-15,17H2,1H3,(H2,23,27). The van der Waals surface area contributed by atoms with Gasteiger partial charge in [-0.05, 0) is 44.0 Å². The molecule has 2 N–H and O–H groups in total. The zero-order valence-corrected chi connectivity index (χ0v) is 18.6. The Labute approximate surface area is 183 Å². The highest BCUT2D eigenvalue weighted by atomic mass is 32.2. The second-order valence-electron chi connectivity index (χ2n) is 7.19. The Morgan fingerprint density at radius 3 is 2.83 bits per heavy atom. The van der Waals surface area contributed by atoms with Crippen molar-refractivity contribution in [2.75, 3.05) is 32.1 Å². The van der Waals surface area contributed by atoms with E-state index in [2.05, 4.69) is 9.88 Å². The van der Waals surface area contributed by atoms with Crippen LogP contribution in [-0.4, -0.2) is 59.1 Å². The average molecular weight is 436 g/mol. The molecular weight excluding hydrogens is 402 g/mol. The van der Waals surface area contributed by atoms with Crippen LogP contribution in [0.5, 0.6) is 5.88 Å². The molecule has 1 aromatic heterocycles. The molecule has 30 heavy (non-hydrogen) atoms. The minimum Gasteiger partial charge on any atom is -0.473 e. The van der Waals surface area contributed by atoms with Crippen molar-refractivity contribution in [1.82, 2.24) is 9.88 Å². The number of pyridine rings is 1. The predicted molar refractivity (Wildman–Crippen MR) is 119 cm³/mol. The van der Waals surface area contributed by atoms with Crippen molar-refractivity contribution < 1.29 is 19.1 Å². The lowest BCUT2D eigenvalue weighted by molar-refractivity contribution is -0.142. The summed E-state index contributed by atoms with van der Waals surface area (Å²) in [5, 5.41) is -0.354. The molecule has 0 spiro atoms. The van der Waals surface area contributed by atoms with E-state index < -0.39 is 0 Å². The number of nitrogens with two attached hydrogens (primary N) is 1. The fourth-order valence-corrected chi connectivity index (χ4v) is 4.01. The number of thioether (sulfide) groups is 1. The molecule has 8 heteroatoms. The van der Waals surface area contributed by atoms with Gasteiger partial charge in [0.25, 0.3) is 0 Å². The minimum atomic E-state index is -0.375. The second-order valence-corrected chi connectivity index (χ2v) is 8.50. The third-order valence-electron chi connectivity index (χ3n) is 4.77. The number of hydrogen-bond acceptors (Lipinski definition) is 7. The molecule has 1 aliphatic heterocycles. The minimum absolute atomic E-state index is 0.239. The number of primary amides is 1. The first-order chi connectivity index (χ1) is 14.6. The summed E-state index contributed by atoms with van der Waals surface area (Å²) < 4.78 is 10.7. The van der Waals surface area contributed by atoms with Gasteiger partial charge in [-0.1, -0.05) is 25.5 Å². The summed E-state index contributed by atoms with van der Waals surface area (Å²) in [6.45, 7) is 5.65. The molecule has 1 amide bonds. The van der Waals surface area contributed by atoms with Crippen LogP contribution in [0.4, 0.5) is 0 Å². The molecule has 166 valence electrons. The Bertz CT molecular complexity index is 693. The summed E-state index contributed by atoms with van der Waals surface area (Å²) >= 11 is 1.39. The van der Waals surface area contributed by atoms with Crippen LogP contribution in [0.25, 0.3) is 0 Å². The van der Waals surface area contributed by atoms with Gasteiger partial charge in [0.1, 0.15) is 13.2 Å². The molecule has 1 atom stereocenters. The first kappa shape index (κ1) is 24.2. The maximum Gasteiger partial charge on any atom is 0.305 e. The van der Waals surface area contributed by atoms with E-state index in [1.807, 2.05) is 24.3 Å². The fraction of sp³-hybridized carbons (Fsp3) is 0.591. The number of amides is 1. The maximum atomic E-state index is 11.6. The summed E-state index contributed by atoms with van der Waals surface area (Å²) in [5.41, 5.74) is 6.67. The molecule has 0 aliphatic carbocycles. The quantitative estimate of drug-likeness (QED) is 0.289. The summed E-state index contributed by atoms with van der Waals surface area (Å²) in [4.78, 5) is 29.4. The van der Waals surface area contributed by atoms with Crippen LogP contribution in [0.15, 0.2) is 30.5 Å². The number of carbonyl (C=O) groups excluding carboxylic acids is 2. The molecule has 1 saturated heterocycles. The lowest BCUT2D eigenvalue weighted by Gasteiger charge is -2.26. The molecule has 0 saturated carbocycles. The Hall–Kier alpha value is -2.06. The van der Waals surface area contributed by atoms with E-state index in [9.17, 15) is 9.59 Å².